The normalized spacial score (nSPS) is 40.5. The first kappa shape index (κ1) is 12.3. The van der Waals surface area contributed by atoms with E-state index >= 15 is 0 Å². The van der Waals surface area contributed by atoms with Crippen molar-refractivity contribution in [1.82, 2.24) is 4.90 Å². The van der Waals surface area contributed by atoms with Crippen LogP contribution < -0.4 is 5.73 Å². The molecule has 2 aliphatic rings. The molecule has 1 atom stereocenters. The molecule has 1 aliphatic heterocycles. The second kappa shape index (κ2) is 5.03. The second-order valence-corrected chi connectivity index (χ2v) is 5.76. The number of nitrogens with two attached hydrogens (primary N) is 1. The Bertz CT molecular complexity index is 218. The molecule has 0 aromatic carbocycles. The van der Waals surface area contributed by atoms with Gasteiger partial charge in [0.15, 0.2) is 0 Å². The highest BCUT2D eigenvalue weighted by atomic mass is 16.5. The summed E-state index contributed by atoms with van der Waals surface area (Å²) in [6, 6.07) is 0.724. The molecule has 2 rings (SSSR count). The lowest BCUT2D eigenvalue weighted by Crippen LogP contribution is -2.57. The van der Waals surface area contributed by atoms with Crippen molar-refractivity contribution in [1.29, 1.82) is 0 Å². The minimum absolute atomic E-state index is 0.130. The van der Waals surface area contributed by atoms with E-state index in [-0.39, 0.29) is 5.54 Å². The SMILES string of the molecule is CC1CCC(N(C)C2(CN)CCOC2)CC1. The fourth-order valence-corrected chi connectivity index (χ4v) is 3.20. The minimum atomic E-state index is 0.130. The van der Waals surface area contributed by atoms with Crippen molar-refractivity contribution >= 4 is 0 Å². The Hall–Kier alpha value is -0.120. The number of rotatable bonds is 3. The zero-order valence-electron chi connectivity index (χ0n) is 10.7. The van der Waals surface area contributed by atoms with Crippen molar-refractivity contribution in [2.75, 3.05) is 26.8 Å². The lowest BCUT2D eigenvalue weighted by molar-refractivity contribution is 0.0389. The predicted octanol–water partition coefficient (Wildman–Crippen LogP) is 1.61. The van der Waals surface area contributed by atoms with Gasteiger partial charge < -0.3 is 10.5 Å². The van der Waals surface area contributed by atoms with Gasteiger partial charge in [-0.3, -0.25) is 4.90 Å². The first-order valence-corrected chi connectivity index (χ1v) is 6.69. The van der Waals surface area contributed by atoms with Gasteiger partial charge in [-0.15, -0.1) is 0 Å². The van der Waals surface area contributed by atoms with E-state index in [9.17, 15) is 0 Å². The highest BCUT2D eigenvalue weighted by molar-refractivity contribution is 4.97. The van der Waals surface area contributed by atoms with E-state index in [2.05, 4.69) is 18.9 Å². The molecule has 0 radical (unpaired) electrons. The van der Waals surface area contributed by atoms with E-state index in [0.29, 0.717) is 0 Å². The molecule has 0 spiro atoms. The lowest BCUT2D eigenvalue weighted by atomic mass is 9.84. The van der Waals surface area contributed by atoms with Crippen LogP contribution in [0.3, 0.4) is 0 Å². The van der Waals surface area contributed by atoms with E-state index < -0.39 is 0 Å². The van der Waals surface area contributed by atoms with Crippen LogP contribution in [-0.2, 0) is 4.74 Å². The molecule has 1 aliphatic carbocycles. The van der Waals surface area contributed by atoms with Crippen LogP contribution in [0, 0.1) is 5.92 Å². The quantitative estimate of drug-likeness (QED) is 0.794. The number of hydrogen-bond donors (Lipinski definition) is 1. The maximum atomic E-state index is 5.98. The van der Waals surface area contributed by atoms with E-state index in [1.165, 1.54) is 25.7 Å². The summed E-state index contributed by atoms with van der Waals surface area (Å²) in [5, 5.41) is 0. The lowest BCUT2D eigenvalue weighted by Gasteiger charge is -2.44. The molecule has 1 saturated heterocycles. The first-order chi connectivity index (χ1) is 7.68. The summed E-state index contributed by atoms with van der Waals surface area (Å²) in [5.74, 6) is 0.915. The van der Waals surface area contributed by atoms with Crippen molar-refractivity contribution in [2.45, 2.75) is 50.6 Å². The fourth-order valence-electron chi connectivity index (χ4n) is 3.20. The molecule has 0 bridgehead atoms. The summed E-state index contributed by atoms with van der Waals surface area (Å²) in [4.78, 5) is 2.53. The molecular formula is C13H26N2O. The van der Waals surface area contributed by atoms with Gasteiger partial charge in [-0.1, -0.05) is 6.92 Å². The Morgan fingerprint density at radius 3 is 2.50 bits per heavy atom. The molecule has 3 heteroatoms. The van der Waals surface area contributed by atoms with Crippen molar-refractivity contribution in [3.8, 4) is 0 Å². The van der Waals surface area contributed by atoms with Gasteiger partial charge in [-0.25, -0.2) is 0 Å². The molecule has 2 N–H and O–H groups in total. The van der Waals surface area contributed by atoms with Gasteiger partial charge in [0.25, 0.3) is 0 Å². The van der Waals surface area contributed by atoms with Crippen molar-refractivity contribution < 1.29 is 4.74 Å². The zero-order chi connectivity index (χ0) is 11.6. The van der Waals surface area contributed by atoms with Gasteiger partial charge in [0.05, 0.1) is 12.1 Å². The van der Waals surface area contributed by atoms with Crippen molar-refractivity contribution in [3.05, 3.63) is 0 Å². The van der Waals surface area contributed by atoms with Crippen LogP contribution in [0.5, 0.6) is 0 Å². The molecule has 16 heavy (non-hydrogen) atoms. The standard InChI is InChI=1S/C13H26N2O/c1-11-3-5-12(6-4-11)15(2)13(9-14)7-8-16-10-13/h11-12H,3-10,14H2,1-2H3. The van der Waals surface area contributed by atoms with Gasteiger partial charge in [0, 0.05) is 19.2 Å². The summed E-state index contributed by atoms with van der Waals surface area (Å²) in [5.41, 5.74) is 6.11. The Morgan fingerprint density at radius 1 is 1.31 bits per heavy atom. The Morgan fingerprint density at radius 2 is 2.00 bits per heavy atom. The van der Waals surface area contributed by atoms with Crippen LogP contribution in [0.2, 0.25) is 0 Å². The average Bonchev–Trinajstić information content (AvgIpc) is 2.79. The largest absolute Gasteiger partial charge is 0.379 e. The maximum Gasteiger partial charge on any atom is 0.0663 e. The minimum Gasteiger partial charge on any atom is -0.379 e. The molecule has 94 valence electrons. The summed E-state index contributed by atoms with van der Waals surface area (Å²) >= 11 is 0. The molecule has 1 unspecified atom stereocenters. The summed E-state index contributed by atoms with van der Waals surface area (Å²) in [6.07, 6.45) is 6.51. The number of hydrogen-bond acceptors (Lipinski definition) is 3. The van der Waals surface area contributed by atoms with Crippen LogP contribution in [0.4, 0.5) is 0 Å². The van der Waals surface area contributed by atoms with Gasteiger partial charge in [0.2, 0.25) is 0 Å². The van der Waals surface area contributed by atoms with Gasteiger partial charge in [0.1, 0.15) is 0 Å². The summed E-state index contributed by atoms with van der Waals surface area (Å²) in [7, 11) is 2.25. The zero-order valence-corrected chi connectivity index (χ0v) is 10.7. The monoisotopic (exact) mass is 226 g/mol. The molecule has 1 saturated carbocycles. The Labute approximate surface area is 99.3 Å². The predicted molar refractivity (Wildman–Crippen MR) is 66.4 cm³/mol. The van der Waals surface area contributed by atoms with Crippen LogP contribution in [0.1, 0.15) is 39.0 Å². The van der Waals surface area contributed by atoms with E-state index in [0.717, 1.165) is 38.1 Å². The molecule has 1 heterocycles. The van der Waals surface area contributed by atoms with E-state index in [1.54, 1.807) is 0 Å². The highest BCUT2D eigenvalue weighted by Gasteiger charge is 2.41. The summed E-state index contributed by atoms with van der Waals surface area (Å²) < 4.78 is 5.56. The van der Waals surface area contributed by atoms with Crippen LogP contribution in [0.25, 0.3) is 0 Å². The van der Waals surface area contributed by atoms with Gasteiger partial charge in [-0.2, -0.15) is 0 Å². The maximum absolute atomic E-state index is 5.98. The molecule has 0 aromatic heterocycles. The topological polar surface area (TPSA) is 38.5 Å². The number of nitrogens with zero attached hydrogens (tertiary/aromatic N) is 1. The van der Waals surface area contributed by atoms with E-state index in [4.69, 9.17) is 10.5 Å². The van der Waals surface area contributed by atoms with Crippen LogP contribution in [-0.4, -0.2) is 43.3 Å². The van der Waals surface area contributed by atoms with Crippen molar-refractivity contribution in [2.24, 2.45) is 11.7 Å². The molecule has 3 nitrogen and oxygen atoms in total. The third kappa shape index (κ3) is 2.27. The first-order valence-electron chi connectivity index (χ1n) is 6.69. The van der Waals surface area contributed by atoms with Crippen LogP contribution in [0.15, 0.2) is 0 Å². The Kier molecular flexibility index (Phi) is 3.88. The Balaban J connectivity index is 1.97. The molecule has 2 fully saturated rings. The van der Waals surface area contributed by atoms with Crippen LogP contribution >= 0.6 is 0 Å². The second-order valence-electron chi connectivity index (χ2n) is 5.76. The van der Waals surface area contributed by atoms with Gasteiger partial charge >= 0.3 is 0 Å². The third-order valence-corrected chi connectivity index (χ3v) is 4.74. The molecule has 0 amide bonds. The fraction of sp³-hybridized carbons (Fsp3) is 1.00. The van der Waals surface area contributed by atoms with Crippen molar-refractivity contribution in [3.63, 3.8) is 0 Å². The van der Waals surface area contributed by atoms with Gasteiger partial charge in [-0.05, 0) is 45.1 Å². The summed E-state index contributed by atoms with van der Waals surface area (Å²) in [6.45, 7) is 4.81. The highest BCUT2D eigenvalue weighted by Crippen LogP contribution is 2.33. The average molecular weight is 226 g/mol. The molecule has 0 aromatic rings. The number of likely N-dealkylation sites (N-methyl/N-ethyl adjacent to an activating group) is 1. The number of ether oxygens (including phenoxy) is 1. The third-order valence-electron chi connectivity index (χ3n) is 4.74. The smallest absolute Gasteiger partial charge is 0.0663 e. The molecular weight excluding hydrogens is 200 g/mol. The van der Waals surface area contributed by atoms with E-state index in [1.807, 2.05) is 0 Å².